The van der Waals surface area contributed by atoms with Crippen LogP contribution in [-0.2, 0) is 4.79 Å². The van der Waals surface area contributed by atoms with Crippen molar-refractivity contribution < 1.29 is 9.59 Å². The van der Waals surface area contributed by atoms with Crippen LogP contribution in [-0.4, -0.2) is 54.8 Å². The maximum absolute atomic E-state index is 12.1. The maximum atomic E-state index is 12.1. The van der Waals surface area contributed by atoms with E-state index in [-0.39, 0.29) is 36.8 Å². The van der Waals surface area contributed by atoms with E-state index in [1.165, 1.54) is 16.2 Å². The summed E-state index contributed by atoms with van der Waals surface area (Å²) in [6, 6.07) is 3.68. The molecule has 0 spiro atoms. The van der Waals surface area contributed by atoms with E-state index in [4.69, 9.17) is 5.73 Å². The van der Waals surface area contributed by atoms with Gasteiger partial charge in [-0.2, -0.15) is 0 Å². The average molecular weight is 348 g/mol. The maximum Gasteiger partial charge on any atom is 0.264 e. The van der Waals surface area contributed by atoms with Gasteiger partial charge in [0.1, 0.15) is 0 Å². The second-order valence-corrected chi connectivity index (χ2v) is 6.60. The van der Waals surface area contributed by atoms with Crippen LogP contribution in [0.25, 0.3) is 0 Å². The molecule has 126 valence electrons. The van der Waals surface area contributed by atoms with Crippen molar-refractivity contribution >= 4 is 35.6 Å². The molecule has 0 fully saturated rings. The first-order valence-corrected chi connectivity index (χ1v) is 7.99. The molecule has 0 saturated heterocycles. The fourth-order valence-electron chi connectivity index (χ4n) is 1.78. The van der Waals surface area contributed by atoms with Gasteiger partial charge in [0, 0.05) is 26.7 Å². The number of hydrogen-bond donors (Lipinski definition) is 1. The molecule has 1 rings (SSSR count). The third-order valence-corrected chi connectivity index (χ3v) is 4.39. The lowest BCUT2D eigenvalue weighted by Crippen LogP contribution is -2.41. The Hall–Kier alpha value is -1.11. The highest BCUT2D eigenvalue weighted by Crippen LogP contribution is 2.11. The van der Waals surface area contributed by atoms with Crippen LogP contribution in [0.15, 0.2) is 17.5 Å². The van der Waals surface area contributed by atoms with Gasteiger partial charge in [-0.15, -0.1) is 23.7 Å². The summed E-state index contributed by atoms with van der Waals surface area (Å²) in [4.78, 5) is 27.9. The molecular weight excluding hydrogens is 322 g/mol. The molecule has 1 aromatic rings. The smallest absolute Gasteiger partial charge is 0.264 e. The van der Waals surface area contributed by atoms with E-state index in [1.54, 1.807) is 25.1 Å². The topological polar surface area (TPSA) is 66.6 Å². The van der Waals surface area contributed by atoms with Gasteiger partial charge in [-0.25, -0.2) is 0 Å². The van der Waals surface area contributed by atoms with Crippen molar-refractivity contribution in [2.24, 2.45) is 11.7 Å². The Balaban J connectivity index is 0.00000441. The van der Waals surface area contributed by atoms with Crippen LogP contribution in [0.5, 0.6) is 0 Å². The molecule has 7 heteroatoms. The standard InChI is InChI=1S/C15H25N3O2S.ClH/c1-11(2)12(16)7-8-17(3)14(19)10-18(4)15(20)13-6-5-9-21-13;/h5-6,9,11-12H,7-8,10,16H2,1-4H3;1H. The van der Waals surface area contributed by atoms with E-state index in [9.17, 15) is 9.59 Å². The highest BCUT2D eigenvalue weighted by molar-refractivity contribution is 7.12. The molecule has 0 radical (unpaired) electrons. The molecule has 0 aliphatic rings. The number of rotatable bonds is 7. The first-order chi connectivity index (χ1) is 9.82. The quantitative estimate of drug-likeness (QED) is 0.821. The monoisotopic (exact) mass is 347 g/mol. The Morgan fingerprint density at radius 2 is 1.91 bits per heavy atom. The Labute approximate surface area is 142 Å². The van der Waals surface area contributed by atoms with Crippen molar-refractivity contribution in [3.8, 4) is 0 Å². The lowest BCUT2D eigenvalue weighted by molar-refractivity contribution is -0.130. The first-order valence-electron chi connectivity index (χ1n) is 7.11. The predicted molar refractivity (Wildman–Crippen MR) is 93.6 cm³/mol. The van der Waals surface area contributed by atoms with Gasteiger partial charge >= 0.3 is 0 Å². The minimum atomic E-state index is -0.120. The van der Waals surface area contributed by atoms with E-state index in [0.717, 1.165) is 6.42 Å². The molecular formula is C15H26ClN3O2S. The van der Waals surface area contributed by atoms with Gasteiger partial charge in [0.05, 0.1) is 11.4 Å². The van der Waals surface area contributed by atoms with Crippen LogP contribution in [0.1, 0.15) is 29.9 Å². The predicted octanol–water partition coefficient (Wildman–Crippen LogP) is 2.07. The second-order valence-electron chi connectivity index (χ2n) is 5.65. The molecule has 2 amide bonds. The fraction of sp³-hybridized carbons (Fsp3) is 0.600. The van der Waals surface area contributed by atoms with Gasteiger partial charge in [-0.05, 0) is 23.8 Å². The summed E-state index contributed by atoms with van der Waals surface area (Å²) >= 11 is 1.38. The molecule has 1 unspecified atom stereocenters. The summed E-state index contributed by atoms with van der Waals surface area (Å²) in [6.07, 6.45) is 0.766. The molecule has 1 atom stereocenters. The number of nitrogens with two attached hydrogens (primary N) is 1. The van der Waals surface area contributed by atoms with Crippen LogP contribution in [0.2, 0.25) is 0 Å². The third kappa shape index (κ3) is 6.34. The van der Waals surface area contributed by atoms with Crippen LogP contribution < -0.4 is 5.73 Å². The zero-order valence-corrected chi connectivity index (χ0v) is 15.2. The Bertz CT molecular complexity index is 465. The number of hydrogen-bond acceptors (Lipinski definition) is 4. The third-order valence-electron chi connectivity index (χ3n) is 3.53. The summed E-state index contributed by atoms with van der Waals surface area (Å²) in [6.45, 7) is 4.84. The minimum absolute atomic E-state index is 0. The molecule has 0 aliphatic heterocycles. The number of carbonyl (C=O) groups is 2. The largest absolute Gasteiger partial charge is 0.344 e. The number of halogens is 1. The molecule has 0 aromatic carbocycles. The Kier molecular flexibility index (Phi) is 9.32. The summed E-state index contributed by atoms with van der Waals surface area (Å²) in [5, 5.41) is 1.85. The van der Waals surface area contributed by atoms with Crippen molar-refractivity contribution in [1.82, 2.24) is 9.80 Å². The van der Waals surface area contributed by atoms with Crippen molar-refractivity contribution in [2.75, 3.05) is 27.2 Å². The molecule has 1 aromatic heterocycles. The van der Waals surface area contributed by atoms with Crippen LogP contribution in [0, 0.1) is 5.92 Å². The number of nitrogens with zero attached hydrogens (tertiary/aromatic N) is 2. The molecule has 22 heavy (non-hydrogen) atoms. The zero-order chi connectivity index (χ0) is 16.0. The van der Waals surface area contributed by atoms with E-state index < -0.39 is 0 Å². The number of likely N-dealkylation sites (N-methyl/N-ethyl adjacent to an activating group) is 2. The summed E-state index contributed by atoms with van der Waals surface area (Å²) in [5.41, 5.74) is 5.98. The lowest BCUT2D eigenvalue weighted by atomic mass is 10.0. The Morgan fingerprint density at radius 1 is 1.27 bits per heavy atom. The van der Waals surface area contributed by atoms with Crippen LogP contribution in [0.3, 0.4) is 0 Å². The average Bonchev–Trinajstić information content (AvgIpc) is 2.96. The summed E-state index contributed by atoms with van der Waals surface area (Å²) in [5.74, 6) is 0.209. The molecule has 5 nitrogen and oxygen atoms in total. The van der Waals surface area contributed by atoms with E-state index in [2.05, 4.69) is 13.8 Å². The fourth-order valence-corrected chi connectivity index (χ4v) is 2.50. The minimum Gasteiger partial charge on any atom is -0.344 e. The van der Waals surface area contributed by atoms with Gasteiger partial charge < -0.3 is 15.5 Å². The van der Waals surface area contributed by atoms with E-state index in [0.29, 0.717) is 17.3 Å². The second kappa shape index (κ2) is 9.82. The number of amides is 2. The molecule has 1 heterocycles. The van der Waals surface area contributed by atoms with E-state index >= 15 is 0 Å². The van der Waals surface area contributed by atoms with Gasteiger partial charge in [0.2, 0.25) is 5.91 Å². The van der Waals surface area contributed by atoms with Crippen LogP contribution >= 0.6 is 23.7 Å². The van der Waals surface area contributed by atoms with Gasteiger partial charge in [-0.3, -0.25) is 9.59 Å². The first kappa shape index (κ1) is 20.9. The zero-order valence-electron chi connectivity index (χ0n) is 13.6. The number of carbonyl (C=O) groups excluding carboxylic acids is 2. The highest BCUT2D eigenvalue weighted by atomic mass is 35.5. The van der Waals surface area contributed by atoms with Crippen LogP contribution in [0.4, 0.5) is 0 Å². The molecule has 0 aliphatic carbocycles. The highest BCUT2D eigenvalue weighted by Gasteiger charge is 2.18. The molecule has 0 bridgehead atoms. The SMILES string of the molecule is CC(C)C(N)CCN(C)C(=O)CN(C)C(=O)c1cccs1.Cl. The molecule has 2 N–H and O–H groups in total. The van der Waals surface area contributed by atoms with Gasteiger partial charge in [0.25, 0.3) is 5.91 Å². The Morgan fingerprint density at radius 3 is 2.41 bits per heavy atom. The normalized spacial score (nSPS) is 11.7. The summed E-state index contributed by atoms with van der Waals surface area (Å²) in [7, 11) is 3.40. The van der Waals surface area contributed by atoms with Crippen molar-refractivity contribution in [2.45, 2.75) is 26.3 Å². The van der Waals surface area contributed by atoms with Crippen molar-refractivity contribution in [1.29, 1.82) is 0 Å². The molecule has 0 saturated carbocycles. The van der Waals surface area contributed by atoms with Crippen molar-refractivity contribution in [3.05, 3.63) is 22.4 Å². The van der Waals surface area contributed by atoms with Gasteiger partial charge in [-0.1, -0.05) is 19.9 Å². The van der Waals surface area contributed by atoms with Gasteiger partial charge in [0.15, 0.2) is 0 Å². The lowest BCUT2D eigenvalue weighted by Gasteiger charge is -2.24. The van der Waals surface area contributed by atoms with Crippen molar-refractivity contribution in [3.63, 3.8) is 0 Å². The van der Waals surface area contributed by atoms with E-state index in [1.807, 2.05) is 11.4 Å². The number of thiophene rings is 1. The summed E-state index contributed by atoms with van der Waals surface area (Å²) < 4.78 is 0.